The Morgan fingerprint density at radius 1 is 1.30 bits per heavy atom. The standard InChI is InChI=1S/C16H26N2O2/c1-18(15-7-9-20-10-8-15)16(11-17)14-5-3-13(4-6-14)12-19-2/h3-6,15-16H,7-12,17H2,1-2H3. The van der Waals surface area contributed by atoms with Crippen molar-refractivity contribution in [1.82, 2.24) is 4.90 Å². The predicted molar refractivity (Wildman–Crippen MR) is 80.6 cm³/mol. The third-order valence-electron chi connectivity index (χ3n) is 4.16. The van der Waals surface area contributed by atoms with Crippen LogP contribution in [0.3, 0.4) is 0 Å². The Bertz CT molecular complexity index is 388. The lowest BCUT2D eigenvalue weighted by Crippen LogP contribution is -2.41. The van der Waals surface area contributed by atoms with Crippen molar-refractivity contribution >= 4 is 0 Å². The number of nitrogens with zero attached hydrogens (tertiary/aromatic N) is 1. The maximum Gasteiger partial charge on any atom is 0.0713 e. The van der Waals surface area contributed by atoms with Gasteiger partial charge < -0.3 is 15.2 Å². The van der Waals surface area contributed by atoms with Crippen LogP contribution >= 0.6 is 0 Å². The molecule has 1 unspecified atom stereocenters. The van der Waals surface area contributed by atoms with E-state index in [9.17, 15) is 0 Å². The molecule has 2 N–H and O–H groups in total. The summed E-state index contributed by atoms with van der Waals surface area (Å²) in [7, 11) is 3.89. The zero-order chi connectivity index (χ0) is 14.4. The summed E-state index contributed by atoms with van der Waals surface area (Å²) in [6.07, 6.45) is 2.18. The molecule has 0 amide bonds. The molecule has 1 aliphatic heterocycles. The molecular weight excluding hydrogens is 252 g/mol. The van der Waals surface area contributed by atoms with Gasteiger partial charge in [-0.15, -0.1) is 0 Å². The van der Waals surface area contributed by atoms with E-state index < -0.39 is 0 Å². The van der Waals surface area contributed by atoms with Crippen molar-refractivity contribution in [2.24, 2.45) is 5.73 Å². The van der Waals surface area contributed by atoms with Gasteiger partial charge in [0.1, 0.15) is 0 Å². The van der Waals surface area contributed by atoms with Crippen molar-refractivity contribution in [3.05, 3.63) is 35.4 Å². The second kappa shape index (κ2) is 7.74. The quantitative estimate of drug-likeness (QED) is 0.864. The van der Waals surface area contributed by atoms with Crippen molar-refractivity contribution in [3.8, 4) is 0 Å². The van der Waals surface area contributed by atoms with Crippen molar-refractivity contribution < 1.29 is 9.47 Å². The molecule has 1 aliphatic rings. The summed E-state index contributed by atoms with van der Waals surface area (Å²) >= 11 is 0. The zero-order valence-electron chi connectivity index (χ0n) is 12.5. The molecule has 1 atom stereocenters. The van der Waals surface area contributed by atoms with Gasteiger partial charge in [-0.25, -0.2) is 0 Å². The monoisotopic (exact) mass is 278 g/mol. The second-order valence-corrected chi connectivity index (χ2v) is 5.44. The van der Waals surface area contributed by atoms with Crippen LogP contribution in [-0.4, -0.2) is 44.9 Å². The summed E-state index contributed by atoms with van der Waals surface area (Å²) < 4.78 is 10.6. The largest absolute Gasteiger partial charge is 0.381 e. The van der Waals surface area contributed by atoms with Crippen LogP contribution in [0.2, 0.25) is 0 Å². The van der Waals surface area contributed by atoms with Crippen LogP contribution in [0.25, 0.3) is 0 Å². The van der Waals surface area contributed by atoms with Gasteiger partial charge in [-0.3, -0.25) is 4.90 Å². The van der Waals surface area contributed by atoms with Crippen molar-refractivity contribution in [1.29, 1.82) is 0 Å². The van der Waals surface area contributed by atoms with Crippen LogP contribution in [0.1, 0.15) is 30.0 Å². The average molecular weight is 278 g/mol. The molecule has 0 bridgehead atoms. The van der Waals surface area contributed by atoms with E-state index in [1.807, 2.05) is 0 Å². The van der Waals surface area contributed by atoms with Crippen LogP contribution < -0.4 is 5.73 Å². The van der Waals surface area contributed by atoms with Crippen molar-refractivity contribution in [2.75, 3.05) is 33.9 Å². The van der Waals surface area contributed by atoms with Gasteiger partial charge in [-0.2, -0.15) is 0 Å². The SMILES string of the molecule is COCc1ccc(C(CN)N(C)C2CCOCC2)cc1. The molecule has 112 valence electrons. The van der Waals surface area contributed by atoms with Gasteiger partial charge in [0, 0.05) is 39.0 Å². The lowest BCUT2D eigenvalue weighted by molar-refractivity contribution is 0.0294. The van der Waals surface area contributed by atoms with Crippen molar-refractivity contribution in [3.63, 3.8) is 0 Å². The molecular formula is C16H26N2O2. The Hall–Kier alpha value is -0.940. The van der Waals surface area contributed by atoms with Gasteiger partial charge in [0.25, 0.3) is 0 Å². The summed E-state index contributed by atoms with van der Waals surface area (Å²) in [5.41, 5.74) is 8.49. The lowest BCUT2D eigenvalue weighted by Gasteiger charge is -2.37. The van der Waals surface area contributed by atoms with E-state index in [-0.39, 0.29) is 6.04 Å². The average Bonchev–Trinajstić information content (AvgIpc) is 2.51. The maximum atomic E-state index is 6.01. The van der Waals surface area contributed by atoms with E-state index in [2.05, 4.69) is 36.2 Å². The molecule has 0 aromatic heterocycles. The van der Waals surface area contributed by atoms with Crippen LogP contribution in [0.15, 0.2) is 24.3 Å². The van der Waals surface area contributed by atoms with Gasteiger partial charge in [0.2, 0.25) is 0 Å². The molecule has 0 spiro atoms. The van der Waals surface area contributed by atoms with Gasteiger partial charge >= 0.3 is 0 Å². The smallest absolute Gasteiger partial charge is 0.0713 e. The normalized spacial score (nSPS) is 18.4. The van der Waals surface area contributed by atoms with Crippen LogP contribution in [0.5, 0.6) is 0 Å². The molecule has 1 heterocycles. The predicted octanol–water partition coefficient (Wildman–Crippen LogP) is 1.94. The number of hydrogen-bond acceptors (Lipinski definition) is 4. The zero-order valence-corrected chi connectivity index (χ0v) is 12.5. The topological polar surface area (TPSA) is 47.7 Å². The molecule has 20 heavy (non-hydrogen) atoms. The number of hydrogen-bond donors (Lipinski definition) is 1. The first-order valence-corrected chi connectivity index (χ1v) is 7.33. The van der Waals surface area contributed by atoms with E-state index in [0.29, 0.717) is 19.2 Å². The van der Waals surface area contributed by atoms with Crippen LogP contribution in [-0.2, 0) is 16.1 Å². The summed E-state index contributed by atoms with van der Waals surface area (Å²) in [5, 5.41) is 0. The molecule has 1 aromatic carbocycles. The van der Waals surface area contributed by atoms with Gasteiger partial charge in [-0.1, -0.05) is 24.3 Å². The lowest BCUT2D eigenvalue weighted by atomic mass is 9.99. The molecule has 0 aliphatic carbocycles. The Labute approximate surface area is 121 Å². The highest BCUT2D eigenvalue weighted by Crippen LogP contribution is 2.25. The third kappa shape index (κ3) is 3.79. The highest BCUT2D eigenvalue weighted by Gasteiger charge is 2.25. The molecule has 1 fully saturated rings. The fourth-order valence-electron chi connectivity index (χ4n) is 2.89. The first-order chi connectivity index (χ1) is 9.76. The van der Waals surface area contributed by atoms with E-state index in [0.717, 1.165) is 26.1 Å². The second-order valence-electron chi connectivity index (χ2n) is 5.44. The third-order valence-corrected chi connectivity index (χ3v) is 4.16. The summed E-state index contributed by atoms with van der Waals surface area (Å²) in [4.78, 5) is 2.41. The maximum absolute atomic E-state index is 6.01. The van der Waals surface area contributed by atoms with E-state index in [1.54, 1.807) is 7.11 Å². The van der Waals surface area contributed by atoms with E-state index >= 15 is 0 Å². The van der Waals surface area contributed by atoms with Gasteiger partial charge in [0.05, 0.1) is 6.61 Å². The Kier molecular flexibility index (Phi) is 5.98. The number of ether oxygens (including phenoxy) is 2. The number of nitrogens with two attached hydrogens (primary N) is 1. The van der Waals surface area contributed by atoms with Crippen molar-refractivity contribution in [2.45, 2.75) is 31.5 Å². The van der Waals surface area contributed by atoms with Crippen LogP contribution in [0, 0.1) is 0 Å². The fourth-order valence-corrected chi connectivity index (χ4v) is 2.89. The summed E-state index contributed by atoms with van der Waals surface area (Å²) in [6, 6.07) is 9.42. The molecule has 1 aromatic rings. The number of benzene rings is 1. The van der Waals surface area contributed by atoms with Gasteiger partial charge in [0.15, 0.2) is 0 Å². The summed E-state index contributed by atoms with van der Waals surface area (Å²) in [5.74, 6) is 0. The molecule has 4 heteroatoms. The van der Waals surface area contributed by atoms with E-state index in [4.69, 9.17) is 15.2 Å². The first-order valence-electron chi connectivity index (χ1n) is 7.33. The number of likely N-dealkylation sites (N-methyl/N-ethyl adjacent to an activating group) is 1. The number of rotatable bonds is 6. The summed E-state index contributed by atoms with van der Waals surface area (Å²) in [6.45, 7) is 3.01. The molecule has 0 radical (unpaired) electrons. The van der Waals surface area contributed by atoms with E-state index in [1.165, 1.54) is 11.1 Å². The van der Waals surface area contributed by atoms with Gasteiger partial charge in [-0.05, 0) is 31.0 Å². The minimum absolute atomic E-state index is 0.273. The minimum Gasteiger partial charge on any atom is -0.381 e. The fraction of sp³-hybridized carbons (Fsp3) is 0.625. The highest BCUT2D eigenvalue weighted by molar-refractivity contribution is 5.25. The minimum atomic E-state index is 0.273. The van der Waals surface area contributed by atoms with Crippen LogP contribution in [0.4, 0.5) is 0 Å². The first kappa shape index (κ1) is 15.4. The Balaban J connectivity index is 2.05. The molecule has 1 saturated heterocycles. The molecule has 0 saturated carbocycles. The number of methoxy groups -OCH3 is 1. The molecule has 4 nitrogen and oxygen atoms in total. The highest BCUT2D eigenvalue weighted by atomic mass is 16.5. The molecule has 2 rings (SSSR count). The Morgan fingerprint density at radius 3 is 2.50 bits per heavy atom. The Morgan fingerprint density at radius 2 is 1.95 bits per heavy atom.